The summed E-state index contributed by atoms with van der Waals surface area (Å²) in [5.74, 6) is 0.866. The van der Waals surface area contributed by atoms with Crippen molar-refractivity contribution in [3.63, 3.8) is 0 Å². The van der Waals surface area contributed by atoms with Crippen LogP contribution < -0.4 is 5.32 Å². The first kappa shape index (κ1) is 16.9. The van der Waals surface area contributed by atoms with Crippen LogP contribution in [-0.4, -0.2) is 38.1 Å². The molecule has 0 aliphatic carbocycles. The lowest BCUT2D eigenvalue weighted by Crippen LogP contribution is -2.42. The van der Waals surface area contributed by atoms with Gasteiger partial charge in [0, 0.05) is 19.6 Å². The van der Waals surface area contributed by atoms with Gasteiger partial charge in [0.1, 0.15) is 0 Å². The molecular formula is C15H34N2. The first-order valence-electron chi connectivity index (χ1n) is 7.42. The third kappa shape index (κ3) is 6.42. The van der Waals surface area contributed by atoms with Crippen molar-refractivity contribution < 1.29 is 0 Å². The molecule has 0 amide bonds. The predicted molar refractivity (Wildman–Crippen MR) is 78.5 cm³/mol. The molecule has 17 heavy (non-hydrogen) atoms. The van der Waals surface area contributed by atoms with E-state index in [-0.39, 0.29) is 0 Å². The van der Waals surface area contributed by atoms with Crippen LogP contribution in [-0.2, 0) is 0 Å². The molecule has 0 saturated heterocycles. The molecule has 2 heteroatoms. The SMILES string of the molecule is CCC(CC)CN(CC)CC(C)(CC)CNC. The van der Waals surface area contributed by atoms with E-state index in [0.29, 0.717) is 5.41 Å². The molecular weight excluding hydrogens is 208 g/mol. The van der Waals surface area contributed by atoms with E-state index in [1.54, 1.807) is 0 Å². The Morgan fingerprint density at radius 1 is 1.12 bits per heavy atom. The molecule has 104 valence electrons. The van der Waals surface area contributed by atoms with Gasteiger partial charge in [-0.25, -0.2) is 0 Å². The molecule has 2 nitrogen and oxygen atoms in total. The van der Waals surface area contributed by atoms with E-state index in [1.165, 1.54) is 38.9 Å². The fourth-order valence-electron chi connectivity index (χ4n) is 2.48. The molecule has 1 atom stereocenters. The molecule has 1 unspecified atom stereocenters. The largest absolute Gasteiger partial charge is 0.319 e. The van der Waals surface area contributed by atoms with E-state index in [1.807, 2.05) is 0 Å². The molecule has 0 spiro atoms. The van der Waals surface area contributed by atoms with Gasteiger partial charge in [0.15, 0.2) is 0 Å². The molecule has 0 aliphatic rings. The molecule has 0 fully saturated rings. The highest BCUT2D eigenvalue weighted by Crippen LogP contribution is 2.22. The van der Waals surface area contributed by atoms with E-state index >= 15 is 0 Å². The van der Waals surface area contributed by atoms with Gasteiger partial charge in [0.25, 0.3) is 0 Å². The number of nitrogens with one attached hydrogen (secondary N) is 1. The van der Waals surface area contributed by atoms with E-state index < -0.39 is 0 Å². The van der Waals surface area contributed by atoms with Crippen LogP contribution in [0.3, 0.4) is 0 Å². The van der Waals surface area contributed by atoms with Crippen LogP contribution in [0.2, 0.25) is 0 Å². The highest BCUT2D eigenvalue weighted by atomic mass is 15.1. The van der Waals surface area contributed by atoms with E-state index in [0.717, 1.165) is 12.5 Å². The highest BCUT2D eigenvalue weighted by molar-refractivity contribution is 4.79. The van der Waals surface area contributed by atoms with Gasteiger partial charge in [-0.15, -0.1) is 0 Å². The molecule has 0 aromatic heterocycles. The van der Waals surface area contributed by atoms with Crippen LogP contribution in [0.4, 0.5) is 0 Å². The molecule has 0 aromatic rings. The van der Waals surface area contributed by atoms with Crippen LogP contribution in [0.1, 0.15) is 53.9 Å². The third-order valence-corrected chi connectivity index (χ3v) is 4.18. The summed E-state index contributed by atoms with van der Waals surface area (Å²) in [6.07, 6.45) is 3.86. The van der Waals surface area contributed by atoms with Crippen molar-refractivity contribution in [1.29, 1.82) is 0 Å². The zero-order chi connectivity index (χ0) is 13.3. The van der Waals surface area contributed by atoms with E-state index in [2.05, 4.69) is 51.9 Å². The van der Waals surface area contributed by atoms with Crippen molar-refractivity contribution >= 4 is 0 Å². The Balaban J connectivity index is 4.35. The summed E-state index contributed by atoms with van der Waals surface area (Å²) in [6, 6.07) is 0. The lowest BCUT2D eigenvalue weighted by molar-refractivity contribution is 0.142. The molecule has 0 aromatic carbocycles. The standard InChI is InChI=1S/C15H34N2/c1-7-14(8-2)11-17(10-4)13-15(5,9-3)12-16-6/h14,16H,7-13H2,1-6H3. The van der Waals surface area contributed by atoms with Crippen LogP contribution in [0, 0.1) is 11.3 Å². The minimum absolute atomic E-state index is 0.413. The van der Waals surface area contributed by atoms with Gasteiger partial charge < -0.3 is 10.2 Å². The molecule has 0 rings (SSSR count). The van der Waals surface area contributed by atoms with Gasteiger partial charge in [-0.1, -0.05) is 47.5 Å². The van der Waals surface area contributed by atoms with Gasteiger partial charge in [-0.3, -0.25) is 0 Å². The summed E-state index contributed by atoms with van der Waals surface area (Å²) in [5.41, 5.74) is 0.413. The predicted octanol–water partition coefficient (Wildman–Crippen LogP) is 3.38. The lowest BCUT2D eigenvalue weighted by atomic mass is 9.86. The minimum Gasteiger partial charge on any atom is -0.319 e. The number of rotatable bonds is 10. The van der Waals surface area contributed by atoms with Crippen molar-refractivity contribution in [1.82, 2.24) is 10.2 Å². The number of hydrogen-bond acceptors (Lipinski definition) is 2. The van der Waals surface area contributed by atoms with E-state index in [4.69, 9.17) is 0 Å². The summed E-state index contributed by atoms with van der Waals surface area (Å²) in [7, 11) is 2.06. The van der Waals surface area contributed by atoms with Gasteiger partial charge in [0.2, 0.25) is 0 Å². The maximum Gasteiger partial charge on any atom is 0.00474 e. The molecule has 1 N–H and O–H groups in total. The van der Waals surface area contributed by atoms with Crippen LogP contribution in [0.15, 0.2) is 0 Å². The Morgan fingerprint density at radius 2 is 1.71 bits per heavy atom. The Hall–Kier alpha value is -0.0800. The average Bonchev–Trinajstić information content (AvgIpc) is 2.34. The zero-order valence-electron chi connectivity index (χ0n) is 13.0. The van der Waals surface area contributed by atoms with Crippen LogP contribution in [0.5, 0.6) is 0 Å². The monoisotopic (exact) mass is 242 g/mol. The summed E-state index contributed by atoms with van der Waals surface area (Å²) in [6.45, 7) is 16.4. The first-order chi connectivity index (χ1) is 8.05. The topological polar surface area (TPSA) is 15.3 Å². The Kier molecular flexibility index (Phi) is 8.89. The quantitative estimate of drug-likeness (QED) is 0.632. The zero-order valence-corrected chi connectivity index (χ0v) is 13.0. The maximum absolute atomic E-state index is 3.34. The molecule has 0 heterocycles. The van der Waals surface area contributed by atoms with E-state index in [9.17, 15) is 0 Å². The summed E-state index contributed by atoms with van der Waals surface area (Å²) in [5, 5.41) is 3.34. The van der Waals surface area contributed by atoms with Crippen molar-refractivity contribution in [3.8, 4) is 0 Å². The second kappa shape index (κ2) is 8.93. The Bertz CT molecular complexity index is 178. The molecule has 0 bridgehead atoms. The molecule has 0 aliphatic heterocycles. The van der Waals surface area contributed by atoms with Crippen molar-refractivity contribution in [2.45, 2.75) is 53.9 Å². The summed E-state index contributed by atoms with van der Waals surface area (Å²) >= 11 is 0. The first-order valence-corrected chi connectivity index (χ1v) is 7.42. The number of hydrogen-bond donors (Lipinski definition) is 1. The fraction of sp³-hybridized carbons (Fsp3) is 1.00. The van der Waals surface area contributed by atoms with Gasteiger partial charge in [-0.05, 0) is 31.3 Å². The van der Waals surface area contributed by atoms with Crippen molar-refractivity contribution in [3.05, 3.63) is 0 Å². The third-order valence-electron chi connectivity index (χ3n) is 4.18. The number of nitrogens with zero attached hydrogens (tertiary/aromatic N) is 1. The smallest absolute Gasteiger partial charge is 0.00474 e. The van der Waals surface area contributed by atoms with Crippen LogP contribution >= 0.6 is 0 Å². The van der Waals surface area contributed by atoms with Gasteiger partial charge in [0.05, 0.1) is 0 Å². The second-order valence-corrected chi connectivity index (χ2v) is 5.70. The molecule has 0 radical (unpaired) electrons. The summed E-state index contributed by atoms with van der Waals surface area (Å²) < 4.78 is 0. The van der Waals surface area contributed by atoms with Crippen molar-refractivity contribution in [2.75, 3.05) is 33.2 Å². The minimum atomic E-state index is 0.413. The van der Waals surface area contributed by atoms with Gasteiger partial charge in [-0.2, -0.15) is 0 Å². The average molecular weight is 242 g/mol. The second-order valence-electron chi connectivity index (χ2n) is 5.70. The Labute approximate surface area is 109 Å². The lowest BCUT2D eigenvalue weighted by Gasteiger charge is -2.36. The Morgan fingerprint density at radius 3 is 2.06 bits per heavy atom. The summed E-state index contributed by atoms with van der Waals surface area (Å²) in [4.78, 5) is 2.64. The van der Waals surface area contributed by atoms with Crippen LogP contribution in [0.25, 0.3) is 0 Å². The molecule has 0 saturated carbocycles. The fourth-order valence-corrected chi connectivity index (χ4v) is 2.48. The highest BCUT2D eigenvalue weighted by Gasteiger charge is 2.24. The normalized spacial score (nSPS) is 15.5. The van der Waals surface area contributed by atoms with Crippen molar-refractivity contribution in [2.24, 2.45) is 11.3 Å². The maximum atomic E-state index is 3.34. The van der Waals surface area contributed by atoms with Gasteiger partial charge >= 0.3 is 0 Å².